The van der Waals surface area contributed by atoms with Crippen molar-refractivity contribution in [3.05, 3.63) is 17.5 Å². The molecule has 0 spiro atoms. The molecule has 0 unspecified atom stereocenters. The molecule has 0 atom stereocenters. The zero-order valence-corrected chi connectivity index (χ0v) is 7.15. The van der Waals surface area contributed by atoms with E-state index < -0.39 is 0 Å². The molecule has 2 aromatic rings. The lowest BCUT2D eigenvalue weighted by Crippen LogP contribution is -1.85. The smallest absolute Gasteiger partial charge is 0.166 e. The van der Waals surface area contributed by atoms with Crippen molar-refractivity contribution >= 4 is 28.9 Å². The van der Waals surface area contributed by atoms with Crippen molar-refractivity contribution in [2.75, 3.05) is 5.73 Å². The van der Waals surface area contributed by atoms with E-state index in [0.717, 1.165) is 22.3 Å². The minimum Gasteiger partial charge on any atom is -0.381 e. The van der Waals surface area contributed by atoms with Crippen molar-refractivity contribution in [2.24, 2.45) is 0 Å². The normalized spacial score (nSPS) is 10.2. The van der Waals surface area contributed by atoms with Crippen molar-refractivity contribution < 1.29 is 0 Å². The summed E-state index contributed by atoms with van der Waals surface area (Å²) in [5.74, 6) is 0.525. The maximum absolute atomic E-state index is 5.58. The molecule has 3 nitrogen and oxygen atoms in total. The maximum Gasteiger partial charge on any atom is 0.166 e. The highest BCUT2D eigenvalue weighted by atomic mass is 32.1. The van der Waals surface area contributed by atoms with Crippen molar-refractivity contribution in [1.82, 2.24) is 8.75 Å². The lowest BCUT2D eigenvalue weighted by Gasteiger charge is -1.87. The first-order valence-corrected chi connectivity index (χ1v) is 4.61. The highest BCUT2D eigenvalue weighted by Gasteiger charge is 2.06. The van der Waals surface area contributed by atoms with Crippen LogP contribution in [0.5, 0.6) is 0 Å². The number of nitrogens with zero attached hydrogens (tertiary/aromatic N) is 2. The first kappa shape index (κ1) is 6.75. The topological polar surface area (TPSA) is 51.8 Å². The van der Waals surface area contributed by atoms with E-state index in [1.54, 1.807) is 11.3 Å². The molecule has 2 heterocycles. The third kappa shape index (κ3) is 1.12. The monoisotopic (exact) mass is 183 g/mol. The SMILES string of the molecule is Nc1nsnc1-c1cccs1. The van der Waals surface area contributed by atoms with Gasteiger partial charge in [-0.2, -0.15) is 8.75 Å². The van der Waals surface area contributed by atoms with Crippen LogP contribution in [0.25, 0.3) is 10.6 Å². The van der Waals surface area contributed by atoms with E-state index in [1.165, 1.54) is 0 Å². The van der Waals surface area contributed by atoms with Gasteiger partial charge in [0.05, 0.1) is 16.6 Å². The predicted octanol–water partition coefficient (Wildman–Crippen LogP) is 1.85. The quantitative estimate of drug-likeness (QED) is 0.734. The molecule has 0 saturated heterocycles. The van der Waals surface area contributed by atoms with Crippen LogP contribution < -0.4 is 5.73 Å². The second kappa shape index (κ2) is 2.60. The summed E-state index contributed by atoms with van der Waals surface area (Å²) in [6.45, 7) is 0. The van der Waals surface area contributed by atoms with Gasteiger partial charge >= 0.3 is 0 Å². The van der Waals surface area contributed by atoms with E-state index in [9.17, 15) is 0 Å². The fraction of sp³-hybridized carbons (Fsp3) is 0. The summed E-state index contributed by atoms with van der Waals surface area (Å²) in [6.07, 6.45) is 0. The van der Waals surface area contributed by atoms with Gasteiger partial charge in [-0.15, -0.1) is 11.3 Å². The number of hydrogen-bond acceptors (Lipinski definition) is 5. The number of hydrogen-bond donors (Lipinski definition) is 1. The van der Waals surface area contributed by atoms with Crippen LogP contribution >= 0.6 is 23.1 Å². The van der Waals surface area contributed by atoms with Crippen LogP contribution in [0.15, 0.2) is 17.5 Å². The maximum atomic E-state index is 5.58. The third-order valence-electron chi connectivity index (χ3n) is 1.27. The average molecular weight is 183 g/mol. The Balaban J connectivity index is 2.53. The number of rotatable bonds is 1. The summed E-state index contributed by atoms with van der Waals surface area (Å²) in [4.78, 5) is 1.08. The molecule has 2 rings (SSSR count). The van der Waals surface area contributed by atoms with E-state index in [-0.39, 0.29) is 0 Å². The minimum absolute atomic E-state index is 0.525. The number of anilines is 1. The van der Waals surface area contributed by atoms with Crippen LogP contribution in [-0.2, 0) is 0 Å². The standard InChI is InChI=1S/C6H5N3S2/c7-6-5(8-11-9-6)4-2-1-3-10-4/h1-3H,(H2,7,9). The highest BCUT2D eigenvalue weighted by Crippen LogP contribution is 2.27. The zero-order chi connectivity index (χ0) is 7.68. The van der Waals surface area contributed by atoms with Crippen LogP contribution in [0.4, 0.5) is 5.82 Å². The summed E-state index contributed by atoms with van der Waals surface area (Å²) in [5, 5.41) is 1.99. The van der Waals surface area contributed by atoms with E-state index in [0.29, 0.717) is 5.82 Å². The summed E-state index contributed by atoms with van der Waals surface area (Å²) >= 11 is 2.77. The zero-order valence-electron chi connectivity index (χ0n) is 5.52. The van der Waals surface area contributed by atoms with Crippen LogP contribution in [-0.4, -0.2) is 8.75 Å². The predicted molar refractivity (Wildman–Crippen MR) is 47.6 cm³/mol. The van der Waals surface area contributed by atoms with Gasteiger partial charge in [0.1, 0.15) is 5.69 Å². The molecular formula is C6H5N3S2. The molecule has 0 aliphatic rings. The average Bonchev–Trinajstić information content (AvgIpc) is 2.55. The molecule has 0 fully saturated rings. The number of nitrogens with two attached hydrogens (primary N) is 1. The molecule has 2 N–H and O–H groups in total. The molecule has 0 radical (unpaired) electrons. The van der Waals surface area contributed by atoms with E-state index in [2.05, 4.69) is 8.75 Å². The molecule has 0 amide bonds. The Morgan fingerprint density at radius 1 is 1.36 bits per heavy atom. The molecule has 0 aliphatic heterocycles. The van der Waals surface area contributed by atoms with E-state index in [1.807, 2.05) is 17.5 Å². The number of aromatic nitrogens is 2. The Bertz CT molecular complexity index is 338. The summed E-state index contributed by atoms with van der Waals surface area (Å²) in [6, 6.07) is 3.95. The Morgan fingerprint density at radius 2 is 2.27 bits per heavy atom. The molecule has 0 saturated carbocycles. The van der Waals surface area contributed by atoms with Gasteiger partial charge in [0.2, 0.25) is 0 Å². The van der Waals surface area contributed by atoms with Gasteiger partial charge < -0.3 is 5.73 Å². The molecule has 0 bridgehead atoms. The molecule has 5 heteroatoms. The largest absolute Gasteiger partial charge is 0.381 e. The van der Waals surface area contributed by atoms with Gasteiger partial charge in [0.15, 0.2) is 5.82 Å². The minimum atomic E-state index is 0.525. The second-order valence-corrected chi connectivity index (χ2v) is 3.45. The Kier molecular flexibility index (Phi) is 1.59. The summed E-state index contributed by atoms with van der Waals surface area (Å²) in [7, 11) is 0. The Hall–Kier alpha value is -0.940. The van der Waals surface area contributed by atoms with Gasteiger partial charge in [0, 0.05) is 0 Å². The highest BCUT2D eigenvalue weighted by molar-refractivity contribution is 7.13. The molecule has 0 aliphatic carbocycles. The molecule has 2 aromatic heterocycles. The lowest BCUT2D eigenvalue weighted by atomic mass is 10.3. The molecule has 0 aromatic carbocycles. The van der Waals surface area contributed by atoms with Gasteiger partial charge in [-0.3, -0.25) is 0 Å². The lowest BCUT2D eigenvalue weighted by molar-refractivity contribution is 1.52. The first-order chi connectivity index (χ1) is 5.38. The Labute approximate surface area is 71.8 Å². The fourth-order valence-electron chi connectivity index (χ4n) is 0.780. The van der Waals surface area contributed by atoms with E-state index >= 15 is 0 Å². The van der Waals surface area contributed by atoms with Crippen LogP contribution in [0.2, 0.25) is 0 Å². The van der Waals surface area contributed by atoms with E-state index in [4.69, 9.17) is 5.73 Å². The molecule has 56 valence electrons. The van der Waals surface area contributed by atoms with Gasteiger partial charge in [-0.25, -0.2) is 0 Å². The summed E-state index contributed by atoms with van der Waals surface area (Å²) < 4.78 is 7.96. The van der Waals surface area contributed by atoms with Crippen molar-refractivity contribution in [2.45, 2.75) is 0 Å². The number of thiophene rings is 1. The van der Waals surface area contributed by atoms with Crippen molar-refractivity contribution in [3.8, 4) is 10.6 Å². The van der Waals surface area contributed by atoms with Crippen LogP contribution in [0.3, 0.4) is 0 Å². The first-order valence-electron chi connectivity index (χ1n) is 3.00. The van der Waals surface area contributed by atoms with Crippen molar-refractivity contribution in [3.63, 3.8) is 0 Å². The number of nitrogen functional groups attached to an aromatic ring is 1. The summed E-state index contributed by atoms with van der Waals surface area (Å²) in [5.41, 5.74) is 6.39. The van der Waals surface area contributed by atoms with Crippen LogP contribution in [0.1, 0.15) is 0 Å². The fourth-order valence-corrected chi connectivity index (χ4v) is 2.05. The van der Waals surface area contributed by atoms with Gasteiger partial charge in [-0.05, 0) is 11.4 Å². The van der Waals surface area contributed by atoms with Gasteiger partial charge in [-0.1, -0.05) is 6.07 Å². The van der Waals surface area contributed by atoms with Crippen molar-refractivity contribution in [1.29, 1.82) is 0 Å². The van der Waals surface area contributed by atoms with Crippen LogP contribution in [0, 0.1) is 0 Å². The second-order valence-electron chi connectivity index (χ2n) is 1.98. The van der Waals surface area contributed by atoms with Gasteiger partial charge in [0.25, 0.3) is 0 Å². The third-order valence-corrected chi connectivity index (χ3v) is 2.69. The Morgan fingerprint density at radius 3 is 2.82 bits per heavy atom. The molecule has 11 heavy (non-hydrogen) atoms. The molecular weight excluding hydrogens is 178 g/mol.